The molecule has 2 heterocycles. The van der Waals surface area contributed by atoms with Crippen LogP contribution < -0.4 is 16.0 Å². The smallest absolute Gasteiger partial charge is 0.229 e. The van der Waals surface area contributed by atoms with Gasteiger partial charge in [-0.2, -0.15) is 0 Å². The first-order valence-electron chi connectivity index (χ1n) is 8.19. The molecule has 0 bridgehead atoms. The highest BCUT2D eigenvalue weighted by Gasteiger charge is 2.41. The Balaban J connectivity index is 1.68. The second-order valence-corrected chi connectivity index (χ2v) is 6.83. The molecule has 24 heavy (non-hydrogen) atoms. The normalized spacial score (nSPS) is 23.3. The summed E-state index contributed by atoms with van der Waals surface area (Å²) in [7, 11) is 0. The molecule has 2 fully saturated rings. The van der Waals surface area contributed by atoms with E-state index in [-0.39, 0.29) is 30.8 Å². The summed E-state index contributed by atoms with van der Waals surface area (Å²) in [5.74, 6) is -0.116. The molecular weight excluding hydrogens is 330 g/mol. The highest BCUT2D eigenvalue weighted by molar-refractivity contribution is 6.33. The lowest BCUT2D eigenvalue weighted by Crippen LogP contribution is -2.52. The highest BCUT2D eigenvalue weighted by Crippen LogP contribution is 2.32. The largest absolute Gasteiger partial charge is 0.381 e. The monoisotopic (exact) mass is 351 g/mol. The SMILES string of the molecule is NCC1(C(=O)NC2CC(=O)N(c3ccccc3Cl)C2)CCOCC1. The van der Waals surface area contributed by atoms with Crippen molar-refractivity contribution in [3.8, 4) is 0 Å². The van der Waals surface area contributed by atoms with Crippen LogP contribution in [0.3, 0.4) is 0 Å². The zero-order valence-corrected chi connectivity index (χ0v) is 14.2. The van der Waals surface area contributed by atoms with E-state index < -0.39 is 5.41 Å². The van der Waals surface area contributed by atoms with Gasteiger partial charge in [-0.3, -0.25) is 9.59 Å². The Morgan fingerprint density at radius 1 is 1.38 bits per heavy atom. The lowest BCUT2D eigenvalue weighted by molar-refractivity contribution is -0.136. The Bertz CT molecular complexity index is 631. The first-order chi connectivity index (χ1) is 11.6. The fraction of sp³-hybridized carbons (Fsp3) is 0.529. The summed E-state index contributed by atoms with van der Waals surface area (Å²) in [4.78, 5) is 26.7. The molecule has 130 valence electrons. The van der Waals surface area contributed by atoms with E-state index in [0.717, 1.165) is 0 Å². The number of nitrogens with two attached hydrogens (primary N) is 1. The molecule has 1 atom stereocenters. The summed E-state index contributed by atoms with van der Waals surface area (Å²) in [5.41, 5.74) is 5.96. The van der Waals surface area contributed by atoms with E-state index in [0.29, 0.717) is 43.3 Å². The quantitative estimate of drug-likeness (QED) is 0.856. The fourth-order valence-corrected chi connectivity index (χ4v) is 3.57. The predicted molar refractivity (Wildman–Crippen MR) is 91.9 cm³/mol. The number of carbonyl (C=O) groups is 2. The predicted octanol–water partition coefficient (Wildman–Crippen LogP) is 1.32. The number of ether oxygens (including phenoxy) is 1. The third-order valence-electron chi connectivity index (χ3n) is 4.93. The van der Waals surface area contributed by atoms with Gasteiger partial charge in [0.1, 0.15) is 0 Å². The number of amides is 2. The van der Waals surface area contributed by atoms with Crippen molar-refractivity contribution in [2.24, 2.45) is 11.1 Å². The number of nitrogens with zero attached hydrogens (tertiary/aromatic N) is 1. The molecule has 2 aliphatic heterocycles. The first kappa shape index (κ1) is 17.2. The Kier molecular flexibility index (Phi) is 5.08. The van der Waals surface area contributed by atoms with Gasteiger partial charge in [-0.1, -0.05) is 23.7 Å². The van der Waals surface area contributed by atoms with Crippen LogP contribution in [0, 0.1) is 5.41 Å². The molecule has 7 heteroatoms. The van der Waals surface area contributed by atoms with Gasteiger partial charge in [-0.15, -0.1) is 0 Å². The minimum atomic E-state index is -0.584. The minimum absolute atomic E-state index is 0.0397. The van der Waals surface area contributed by atoms with Crippen molar-refractivity contribution in [2.45, 2.75) is 25.3 Å². The van der Waals surface area contributed by atoms with Crippen LogP contribution >= 0.6 is 11.6 Å². The Labute approximate surface area is 146 Å². The van der Waals surface area contributed by atoms with Gasteiger partial charge < -0.3 is 20.7 Å². The maximum Gasteiger partial charge on any atom is 0.229 e. The van der Waals surface area contributed by atoms with Crippen molar-refractivity contribution < 1.29 is 14.3 Å². The van der Waals surface area contributed by atoms with Gasteiger partial charge >= 0.3 is 0 Å². The van der Waals surface area contributed by atoms with Crippen molar-refractivity contribution >= 4 is 29.1 Å². The van der Waals surface area contributed by atoms with Gasteiger partial charge in [-0.05, 0) is 25.0 Å². The second-order valence-electron chi connectivity index (χ2n) is 6.43. The summed E-state index contributed by atoms with van der Waals surface area (Å²) in [5, 5.41) is 3.54. The molecule has 2 saturated heterocycles. The fourth-order valence-electron chi connectivity index (χ4n) is 3.33. The highest BCUT2D eigenvalue weighted by atomic mass is 35.5. The van der Waals surface area contributed by atoms with Gasteiger partial charge in [-0.25, -0.2) is 0 Å². The van der Waals surface area contributed by atoms with Crippen molar-refractivity contribution in [2.75, 3.05) is 31.2 Å². The molecule has 0 radical (unpaired) electrons. The van der Waals surface area contributed by atoms with Crippen LogP contribution in [0.15, 0.2) is 24.3 Å². The van der Waals surface area contributed by atoms with Crippen molar-refractivity contribution in [3.05, 3.63) is 29.3 Å². The molecule has 0 aromatic heterocycles. The van der Waals surface area contributed by atoms with E-state index >= 15 is 0 Å². The number of halogens is 1. The van der Waals surface area contributed by atoms with Crippen LogP contribution in [0.5, 0.6) is 0 Å². The van der Waals surface area contributed by atoms with Crippen LogP contribution in [-0.2, 0) is 14.3 Å². The third-order valence-corrected chi connectivity index (χ3v) is 5.25. The number of para-hydroxylation sites is 1. The Morgan fingerprint density at radius 3 is 2.75 bits per heavy atom. The van der Waals surface area contributed by atoms with E-state index in [1.165, 1.54) is 0 Å². The standard InChI is InChI=1S/C17H22ClN3O3/c18-13-3-1-2-4-14(13)21-10-12(9-15(21)22)20-16(23)17(11-19)5-7-24-8-6-17/h1-4,12H,5-11,19H2,(H,20,23). The van der Waals surface area contributed by atoms with E-state index in [4.69, 9.17) is 22.1 Å². The zero-order valence-electron chi connectivity index (χ0n) is 13.5. The molecule has 0 saturated carbocycles. The van der Waals surface area contributed by atoms with Gasteiger partial charge in [0.25, 0.3) is 0 Å². The van der Waals surface area contributed by atoms with Crippen LogP contribution in [-0.4, -0.2) is 44.2 Å². The second kappa shape index (κ2) is 7.09. The van der Waals surface area contributed by atoms with E-state index in [2.05, 4.69) is 5.32 Å². The lowest BCUT2D eigenvalue weighted by Gasteiger charge is -2.35. The summed E-state index contributed by atoms with van der Waals surface area (Å²) >= 11 is 6.18. The number of anilines is 1. The molecule has 0 aliphatic carbocycles. The van der Waals surface area contributed by atoms with Gasteiger partial charge in [0.05, 0.1) is 22.2 Å². The molecule has 6 nitrogen and oxygen atoms in total. The van der Waals surface area contributed by atoms with Crippen molar-refractivity contribution in [1.82, 2.24) is 5.32 Å². The number of hydrogen-bond donors (Lipinski definition) is 2. The molecule has 1 unspecified atom stereocenters. The molecule has 1 aromatic rings. The molecule has 3 N–H and O–H groups in total. The van der Waals surface area contributed by atoms with E-state index in [1.54, 1.807) is 11.0 Å². The van der Waals surface area contributed by atoms with Crippen molar-refractivity contribution in [3.63, 3.8) is 0 Å². The number of hydrogen-bond acceptors (Lipinski definition) is 4. The number of carbonyl (C=O) groups excluding carboxylic acids is 2. The molecule has 0 spiro atoms. The van der Waals surface area contributed by atoms with Gasteiger partial charge in [0.2, 0.25) is 11.8 Å². The maximum absolute atomic E-state index is 12.7. The minimum Gasteiger partial charge on any atom is -0.381 e. The summed E-state index contributed by atoms with van der Waals surface area (Å²) < 4.78 is 5.34. The van der Waals surface area contributed by atoms with Crippen LogP contribution in [0.25, 0.3) is 0 Å². The van der Waals surface area contributed by atoms with Gasteiger partial charge in [0.15, 0.2) is 0 Å². The van der Waals surface area contributed by atoms with Crippen molar-refractivity contribution in [1.29, 1.82) is 0 Å². The summed E-state index contributed by atoms with van der Waals surface area (Å²) in [6, 6.07) is 6.99. The van der Waals surface area contributed by atoms with E-state index in [9.17, 15) is 9.59 Å². The zero-order chi connectivity index (χ0) is 17.2. The van der Waals surface area contributed by atoms with Gasteiger partial charge in [0, 0.05) is 32.7 Å². The molecular formula is C17H22ClN3O3. The third kappa shape index (κ3) is 3.27. The van der Waals surface area contributed by atoms with Crippen LogP contribution in [0.1, 0.15) is 19.3 Å². The van der Waals surface area contributed by atoms with Crippen LogP contribution in [0.2, 0.25) is 5.02 Å². The number of benzene rings is 1. The Hall–Kier alpha value is -1.63. The number of rotatable bonds is 4. The summed E-state index contributed by atoms with van der Waals surface area (Å²) in [6.07, 6.45) is 1.50. The number of nitrogens with one attached hydrogen (secondary N) is 1. The lowest BCUT2D eigenvalue weighted by atomic mass is 9.79. The maximum atomic E-state index is 12.7. The van der Waals surface area contributed by atoms with Crippen LogP contribution in [0.4, 0.5) is 5.69 Å². The molecule has 2 aliphatic rings. The summed E-state index contributed by atoms with van der Waals surface area (Å²) in [6.45, 7) is 1.79. The molecule has 3 rings (SSSR count). The Morgan fingerprint density at radius 2 is 2.08 bits per heavy atom. The molecule has 2 amide bonds. The topological polar surface area (TPSA) is 84.7 Å². The average Bonchev–Trinajstić information content (AvgIpc) is 2.96. The first-order valence-corrected chi connectivity index (χ1v) is 8.57. The molecule has 1 aromatic carbocycles. The average molecular weight is 352 g/mol. The van der Waals surface area contributed by atoms with E-state index in [1.807, 2.05) is 18.2 Å².